The van der Waals surface area contributed by atoms with Crippen molar-refractivity contribution in [1.82, 2.24) is 0 Å². The fourth-order valence-corrected chi connectivity index (χ4v) is 3.85. The van der Waals surface area contributed by atoms with Gasteiger partial charge in [0.15, 0.2) is 0 Å². The number of hydrogen-bond donors (Lipinski definition) is 1. The summed E-state index contributed by atoms with van der Waals surface area (Å²) in [7, 11) is 0. The second-order valence-corrected chi connectivity index (χ2v) is 6.77. The van der Waals surface area contributed by atoms with Crippen LogP contribution in [0.5, 0.6) is 0 Å². The van der Waals surface area contributed by atoms with E-state index in [1.54, 1.807) is 0 Å². The summed E-state index contributed by atoms with van der Waals surface area (Å²) in [6.45, 7) is 5.97. The minimum atomic E-state index is -0.0392. The van der Waals surface area contributed by atoms with Gasteiger partial charge in [0.2, 0.25) is 0 Å². The number of hydrogen-bond acceptors (Lipinski definition) is 2. The van der Waals surface area contributed by atoms with E-state index in [1.165, 1.54) is 17.7 Å². The second-order valence-electron chi connectivity index (χ2n) is 6.77. The molecule has 4 nitrogen and oxygen atoms in total. The lowest BCUT2D eigenvalue weighted by atomic mass is 10.1. The summed E-state index contributed by atoms with van der Waals surface area (Å²) < 4.78 is 0. The average molecular weight is 321 g/mol. The van der Waals surface area contributed by atoms with Crippen LogP contribution in [0.3, 0.4) is 0 Å². The number of rotatable bonds is 1. The minimum absolute atomic E-state index is 0.0392. The van der Waals surface area contributed by atoms with E-state index in [1.807, 2.05) is 36.1 Å². The smallest absolute Gasteiger partial charge is 0.326 e. The molecule has 124 valence electrons. The number of para-hydroxylation sites is 2. The molecule has 0 radical (unpaired) electrons. The van der Waals surface area contributed by atoms with Crippen molar-refractivity contribution in [3.8, 4) is 0 Å². The van der Waals surface area contributed by atoms with E-state index in [0.717, 1.165) is 36.4 Å². The van der Waals surface area contributed by atoms with Gasteiger partial charge in [0.1, 0.15) is 0 Å². The molecule has 2 aromatic rings. The molecule has 0 bridgehead atoms. The molecule has 2 aliphatic heterocycles. The zero-order valence-electron chi connectivity index (χ0n) is 14.2. The van der Waals surface area contributed by atoms with E-state index in [-0.39, 0.29) is 6.03 Å². The Morgan fingerprint density at radius 3 is 2.71 bits per heavy atom. The highest BCUT2D eigenvalue weighted by Gasteiger charge is 2.36. The Kier molecular flexibility index (Phi) is 3.68. The molecule has 4 rings (SSSR count). The molecule has 2 amide bonds. The van der Waals surface area contributed by atoms with Crippen molar-refractivity contribution in [3.05, 3.63) is 53.6 Å². The predicted molar refractivity (Wildman–Crippen MR) is 99.1 cm³/mol. The number of nitrogens with zero attached hydrogens (tertiary/aromatic N) is 2. The van der Waals surface area contributed by atoms with E-state index < -0.39 is 0 Å². The highest BCUT2D eigenvalue weighted by Crippen LogP contribution is 2.39. The van der Waals surface area contributed by atoms with Crippen LogP contribution in [0.4, 0.5) is 21.9 Å². The van der Waals surface area contributed by atoms with Crippen molar-refractivity contribution in [1.29, 1.82) is 0 Å². The van der Waals surface area contributed by atoms with Crippen molar-refractivity contribution in [2.45, 2.75) is 32.7 Å². The van der Waals surface area contributed by atoms with Gasteiger partial charge in [-0.05, 0) is 56.0 Å². The molecular weight excluding hydrogens is 298 g/mol. The summed E-state index contributed by atoms with van der Waals surface area (Å²) in [5.74, 6) is 0. The third-order valence-corrected chi connectivity index (χ3v) is 5.34. The first-order chi connectivity index (χ1) is 11.6. The Balaban J connectivity index is 1.65. The highest BCUT2D eigenvalue weighted by atomic mass is 16.2. The molecule has 1 fully saturated rings. The number of anilines is 3. The van der Waals surface area contributed by atoms with Crippen LogP contribution in [0.1, 0.15) is 24.0 Å². The molecule has 1 unspecified atom stereocenters. The van der Waals surface area contributed by atoms with Gasteiger partial charge in [-0.3, -0.25) is 4.90 Å². The Morgan fingerprint density at radius 1 is 1.08 bits per heavy atom. The van der Waals surface area contributed by atoms with Gasteiger partial charge in [-0.1, -0.05) is 24.3 Å². The highest BCUT2D eigenvalue weighted by molar-refractivity contribution is 6.05. The van der Waals surface area contributed by atoms with Crippen LogP contribution in [0.2, 0.25) is 0 Å². The number of carbonyl (C=O) groups excluding carboxylic acids is 1. The summed E-state index contributed by atoms with van der Waals surface area (Å²) in [6.07, 6.45) is 2.35. The van der Waals surface area contributed by atoms with Crippen LogP contribution in [0, 0.1) is 13.8 Å². The van der Waals surface area contributed by atoms with Gasteiger partial charge < -0.3 is 10.2 Å². The summed E-state index contributed by atoms with van der Waals surface area (Å²) in [6, 6.07) is 14.7. The van der Waals surface area contributed by atoms with Crippen LogP contribution >= 0.6 is 0 Å². The Hall–Kier alpha value is -2.49. The van der Waals surface area contributed by atoms with Gasteiger partial charge in [0.25, 0.3) is 0 Å². The Bertz CT molecular complexity index is 786. The maximum atomic E-state index is 13.0. The molecule has 1 N–H and O–H groups in total. The lowest BCUT2D eigenvalue weighted by Crippen LogP contribution is -2.49. The Labute approximate surface area is 143 Å². The van der Waals surface area contributed by atoms with Gasteiger partial charge in [-0.2, -0.15) is 0 Å². The second kappa shape index (κ2) is 5.86. The van der Waals surface area contributed by atoms with Crippen molar-refractivity contribution in [2.75, 3.05) is 28.2 Å². The van der Waals surface area contributed by atoms with Crippen molar-refractivity contribution in [3.63, 3.8) is 0 Å². The van der Waals surface area contributed by atoms with E-state index in [4.69, 9.17) is 0 Å². The summed E-state index contributed by atoms with van der Waals surface area (Å²) >= 11 is 0. The normalized spacial score (nSPS) is 19.0. The monoisotopic (exact) mass is 321 g/mol. The molecular formula is C20H23N3O. The van der Waals surface area contributed by atoms with Gasteiger partial charge in [-0.15, -0.1) is 0 Å². The van der Waals surface area contributed by atoms with E-state index in [9.17, 15) is 4.79 Å². The van der Waals surface area contributed by atoms with Gasteiger partial charge in [0.05, 0.1) is 11.4 Å². The molecule has 1 saturated heterocycles. The quantitative estimate of drug-likeness (QED) is 0.849. The predicted octanol–water partition coefficient (Wildman–Crippen LogP) is 4.32. The lowest BCUT2D eigenvalue weighted by molar-refractivity contribution is 0.256. The third-order valence-electron chi connectivity index (χ3n) is 5.34. The molecule has 24 heavy (non-hydrogen) atoms. The number of aryl methyl sites for hydroxylation is 1. The SMILES string of the molecule is Cc1cccc(NC(=O)N2CC3CCCN3c3ccccc32)c1C. The maximum absolute atomic E-state index is 13.0. The van der Waals surface area contributed by atoms with E-state index >= 15 is 0 Å². The Morgan fingerprint density at radius 2 is 1.88 bits per heavy atom. The van der Waals surface area contributed by atoms with Crippen molar-refractivity contribution >= 4 is 23.1 Å². The maximum Gasteiger partial charge on any atom is 0.326 e. The van der Waals surface area contributed by atoms with Crippen molar-refractivity contribution in [2.24, 2.45) is 0 Å². The van der Waals surface area contributed by atoms with Gasteiger partial charge in [-0.25, -0.2) is 4.79 Å². The summed E-state index contributed by atoms with van der Waals surface area (Å²) in [4.78, 5) is 17.3. The number of carbonyl (C=O) groups is 1. The zero-order chi connectivity index (χ0) is 16.7. The zero-order valence-corrected chi connectivity index (χ0v) is 14.2. The summed E-state index contributed by atoms with van der Waals surface area (Å²) in [5, 5.41) is 3.11. The molecule has 0 aromatic heterocycles. The number of fused-ring (bicyclic) bond motifs is 3. The molecule has 0 aliphatic carbocycles. The van der Waals surface area contributed by atoms with Gasteiger partial charge >= 0.3 is 6.03 Å². The largest absolute Gasteiger partial charge is 0.365 e. The first kappa shape index (κ1) is 15.1. The van der Waals surface area contributed by atoms with Crippen LogP contribution < -0.4 is 15.1 Å². The molecule has 0 spiro atoms. The topological polar surface area (TPSA) is 35.6 Å². The van der Waals surface area contributed by atoms with Crippen molar-refractivity contribution < 1.29 is 4.79 Å². The number of benzene rings is 2. The standard InChI is InChI=1S/C20H23N3O/c1-14-7-5-9-17(15(14)2)21-20(24)23-13-16-8-6-12-22(16)18-10-3-4-11-19(18)23/h3-5,7,9-11,16H,6,8,12-13H2,1-2H3,(H,21,24). The molecule has 2 heterocycles. The molecule has 1 atom stereocenters. The number of urea groups is 1. The molecule has 2 aliphatic rings. The fraction of sp³-hybridized carbons (Fsp3) is 0.350. The molecule has 2 aromatic carbocycles. The fourth-order valence-electron chi connectivity index (χ4n) is 3.85. The summed E-state index contributed by atoms with van der Waals surface area (Å²) in [5.41, 5.74) is 5.40. The lowest BCUT2D eigenvalue weighted by Gasteiger charge is -2.40. The minimum Gasteiger partial charge on any atom is -0.365 e. The van der Waals surface area contributed by atoms with Gasteiger partial charge in [0, 0.05) is 24.8 Å². The van der Waals surface area contributed by atoms with E-state index in [0.29, 0.717) is 6.04 Å². The van der Waals surface area contributed by atoms with Crippen LogP contribution in [-0.2, 0) is 0 Å². The molecule has 0 saturated carbocycles. The number of nitrogens with one attached hydrogen (secondary N) is 1. The number of amides is 2. The van der Waals surface area contributed by atoms with Crippen LogP contribution in [0.15, 0.2) is 42.5 Å². The molecule has 4 heteroatoms. The average Bonchev–Trinajstić information content (AvgIpc) is 3.07. The van der Waals surface area contributed by atoms with Crippen LogP contribution in [-0.4, -0.2) is 25.2 Å². The van der Waals surface area contributed by atoms with E-state index in [2.05, 4.69) is 35.3 Å². The first-order valence-electron chi connectivity index (χ1n) is 8.65. The van der Waals surface area contributed by atoms with Crippen LogP contribution in [0.25, 0.3) is 0 Å². The first-order valence-corrected chi connectivity index (χ1v) is 8.65. The third kappa shape index (κ3) is 2.42.